The van der Waals surface area contributed by atoms with Gasteiger partial charge in [0.15, 0.2) is 0 Å². The summed E-state index contributed by atoms with van der Waals surface area (Å²) in [6.07, 6.45) is 0. The molecule has 1 aromatic heterocycles. The monoisotopic (exact) mass is 441 g/mol. The van der Waals surface area contributed by atoms with Gasteiger partial charge in [-0.2, -0.15) is 0 Å². The van der Waals surface area contributed by atoms with Gasteiger partial charge < -0.3 is 9.29 Å². The van der Waals surface area contributed by atoms with Crippen molar-refractivity contribution in [2.24, 2.45) is 0 Å². The van der Waals surface area contributed by atoms with Crippen molar-refractivity contribution in [3.63, 3.8) is 0 Å². The lowest BCUT2D eigenvalue weighted by atomic mass is 10.2. The van der Waals surface area contributed by atoms with E-state index in [1.54, 1.807) is 0 Å². The van der Waals surface area contributed by atoms with Crippen LogP contribution in [0.5, 0.6) is 0 Å². The van der Waals surface area contributed by atoms with E-state index in [9.17, 15) is 13.0 Å². The molecule has 0 aliphatic rings. The maximum atomic E-state index is 13.1. The van der Waals surface area contributed by atoms with Crippen LogP contribution in [0.1, 0.15) is 0 Å². The van der Waals surface area contributed by atoms with E-state index in [1.807, 2.05) is 30.3 Å². The zero-order valence-corrected chi connectivity index (χ0v) is 17.5. The maximum Gasteiger partial charge on any atom is 0.246 e. The van der Waals surface area contributed by atoms with Crippen LogP contribution in [-0.2, 0) is 25.7 Å². The third-order valence-electron chi connectivity index (χ3n) is 3.65. The van der Waals surface area contributed by atoms with Crippen molar-refractivity contribution >= 4 is 44.0 Å². The third kappa shape index (κ3) is 4.53. The van der Waals surface area contributed by atoms with Crippen molar-refractivity contribution in [1.82, 2.24) is 4.98 Å². The molecule has 0 radical (unpaired) electrons. The number of halogens is 1. The molecule has 0 aliphatic carbocycles. The van der Waals surface area contributed by atoms with Gasteiger partial charge in [0.2, 0.25) is 19.1 Å². The first-order chi connectivity index (χ1) is 12.9. The molecular weight excluding hydrogens is 426 g/mol. The largest absolute Gasteiger partial charge is 0.611 e. The highest BCUT2D eigenvalue weighted by molar-refractivity contribution is 7.96. The Morgan fingerprint density at radius 3 is 2.44 bits per heavy atom. The number of hydrogen-bond donors (Lipinski definition) is 0. The number of aromatic nitrogens is 1. The molecule has 1 heterocycles. The summed E-state index contributed by atoms with van der Waals surface area (Å²) in [6, 6.07) is 15.0. The zero-order chi connectivity index (χ0) is 19.4. The Balaban J connectivity index is 2.11. The van der Waals surface area contributed by atoms with E-state index in [-0.39, 0.29) is 26.5 Å². The van der Waals surface area contributed by atoms with E-state index in [1.165, 1.54) is 31.4 Å². The average Bonchev–Trinajstić information content (AvgIpc) is 3.13. The van der Waals surface area contributed by atoms with Gasteiger partial charge in [-0.3, -0.25) is 0 Å². The van der Waals surface area contributed by atoms with Gasteiger partial charge in [-0.15, -0.1) is 0 Å². The number of rotatable bonds is 7. The number of methoxy groups -OCH3 is 1. The van der Waals surface area contributed by atoms with Crippen molar-refractivity contribution in [3.8, 4) is 10.6 Å². The molecule has 3 rings (SSSR count). The smallest absolute Gasteiger partial charge is 0.246 e. The topological polar surface area (TPSA) is 79.3 Å². The Bertz CT molecular complexity index is 1000. The number of sulfone groups is 1. The average molecular weight is 442 g/mol. The SMILES string of the molecule is COCC[S+]([O-])c1sc(-c2ccccc2)nc1S(=O)(=O)c1ccc(Cl)cc1. The fraction of sp³-hybridized carbons (Fsp3) is 0.167. The molecule has 0 fully saturated rings. The number of thiazole rings is 1. The van der Waals surface area contributed by atoms with Crippen molar-refractivity contribution in [3.05, 3.63) is 59.6 Å². The predicted octanol–water partition coefficient (Wildman–Crippen LogP) is 4.05. The molecule has 9 heteroatoms. The molecule has 0 N–H and O–H groups in total. The normalized spacial score (nSPS) is 12.9. The molecule has 0 saturated carbocycles. The second-order valence-electron chi connectivity index (χ2n) is 5.48. The quantitative estimate of drug-likeness (QED) is 0.517. The summed E-state index contributed by atoms with van der Waals surface area (Å²) in [5, 5.41) is 0.758. The van der Waals surface area contributed by atoms with Crippen LogP contribution in [0.15, 0.2) is 68.7 Å². The van der Waals surface area contributed by atoms with E-state index < -0.39 is 21.0 Å². The summed E-state index contributed by atoms with van der Waals surface area (Å²) in [4.78, 5) is 4.40. The van der Waals surface area contributed by atoms with Crippen LogP contribution in [0.3, 0.4) is 0 Å². The van der Waals surface area contributed by atoms with Crippen LogP contribution in [0.4, 0.5) is 0 Å². The summed E-state index contributed by atoms with van der Waals surface area (Å²) in [7, 11) is -2.43. The summed E-state index contributed by atoms with van der Waals surface area (Å²) in [5.41, 5.74) is 0.769. The minimum Gasteiger partial charge on any atom is -0.611 e. The summed E-state index contributed by atoms with van der Waals surface area (Å²) in [6.45, 7) is 0.256. The van der Waals surface area contributed by atoms with E-state index in [4.69, 9.17) is 16.3 Å². The summed E-state index contributed by atoms with van der Waals surface area (Å²) >= 11 is 5.44. The van der Waals surface area contributed by atoms with Crippen LogP contribution in [-0.4, -0.2) is 37.4 Å². The summed E-state index contributed by atoms with van der Waals surface area (Å²) in [5.74, 6) is 0.191. The second-order valence-corrected chi connectivity index (χ2v) is 10.5. The number of ether oxygens (including phenoxy) is 1. The molecule has 0 spiro atoms. The molecule has 5 nitrogen and oxygen atoms in total. The fourth-order valence-corrected chi connectivity index (χ4v) is 6.98. The highest BCUT2D eigenvalue weighted by Crippen LogP contribution is 2.36. The van der Waals surface area contributed by atoms with Crippen molar-refractivity contribution in [1.29, 1.82) is 0 Å². The minimum atomic E-state index is -3.94. The van der Waals surface area contributed by atoms with Crippen LogP contribution < -0.4 is 0 Å². The van der Waals surface area contributed by atoms with E-state index in [2.05, 4.69) is 4.98 Å². The van der Waals surface area contributed by atoms with Crippen LogP contribution >= 0.6 is 22.9 Å². The molecule has 2 aromatic carbocycles. The lowest BCUT2D eigenvalue weighted by Gasteiger charge is -2.09. The highest BCUT2D eigenvalue weighted by Gasteiger charge is 2.33. The Hall–Kier alpha value is -1.42. The van der Waals surface area contributed by atoms with Gasteiger partial charge in [0.1, 0.15) is 10.8 Å². The first-order valence-corrected chi connectivity index (χ1v) is 11.9. The predicted molar refractivity (Wildman–Crippen MR) is 108 cm³/mol. The van der Waals surface area contributed by atoms with Crippen molar-refractivity contribution < 1.29 is 17.7 Å². The fourth-order valence-electron chi connectivity index (χ4n) is 2.29. The maximum absolute atomic E-state index is 13.1. The van der Waals surface area contributed by atoms with Gasteiger partial charge in [-0.1, -0.05) is 53.3 Å². The molecule has 0 saturated heterocycles. The molecule has 1 atom stereocenters. The number of nitrogens with zero attached hydrogens (tertiary/aromatic N) is 1. The second kappa shape index (κ2) is 8.72. The van der Waals surface area contributed by atoms with E-state index in [0.29, 0.717) is 10.0 Å². The van der Waals surface area contributed by atoms with Gasteiger partial charge in [-0.25, -0.2) is 13.4 Å². The minimum absolute atomic E-state index is 0.0572. The molecule has 142 valence electrons. The Labute approximate surface area is 170 Å². The molecule has 0 amide bonds. The molecule has 0 aliphatic heterocycles. The lowest BCUT2D eigenvalue weighted by Crippen LogP contribution is -2.14. The van der Waals surface area contributed by atoms with Crippen molar-refractivity contribution in [2.45, 2.75) is 14.1 Å². The summed E-state index contributed by atoms with van der Waals surface area (Å²) < 4.78 is 44.2. The zero-order valence-electron chi connectivity index (χ0n) is 14.3. The number of benzene rings is 2. The van der Waals surface area contributed by atoms with E-state index >= 15 is 0 Å². The van der Waals surface area contributed by atoms with Gasteiger partial charge in [0.05, 0.1) is 11.5 Å². The molecule has 27 heavy (non-hydrogen) atoms. The number of hydrogen-bond acceptors (Lipinski definition) is 6. The first kappa shape index (κ1) is 20.3. The van der Waals surface area contributed by atoms with Gasteiger partial charge in [0.25, 0.3) is 0 Å². The van der Waals surface area contributed by atoms with E-state index in [0.717, 1.165) is 16.9 Å². The lowest BCUT2D eigenvalue weighted by molar-refractivity contribution is 0.217. The standard InChI is InChI=1S/C18H16ClNO4S3/c1-24-11-12-26(21)18-17(20-16(25-18)13-5-3-2-4-6-13)27(22,23)15-9-7-14(19)8-10-15/h2-10H,11-12H2,1H3. The molecular formula is C18H16ClNO4S3. The third-order valence-corrected chi connectivity index (χ3v) is 8.70. The molecule has 3 aromatic rings. The van der Waals surface area contributed by atoms with Crippen LogP contribution in [0.2, 0.25) is 5.02 Å². The van der Waals surface area contributed by atoms with Gasteiger partial charge in [0, 0.05) is 28.9 Å². The first-order valence-electron chi connectivity index (χ1n) is 7.87. The molecule has 1 unspecified atom stereocenters. The van der Waals surface area contributed by atoms with Crippen LogP contribution in [0.25, 0.3) is 10.6 Å². The Kier molecular flexibility index (Phi) is 6.56. The Morgan fingerprint density at radius 1 is 1.15 bits per heavy atom. The van der Waals surface area contributed by atoms with Gasteiger partial charge in [-0.05, 0) is 24.3 Å². The van der Waals surface area contributed by atoms with Gasteiger partial charge >= 0.3 is 0 Å². The van der Waals surface area contributed by atoms with Crippen LogP contribution in [0, 0.1) is 0 Å². The Morgan fingerprint density at radius 2 is 1.81 bits per heavy atom. The van der Waals surface area contributed by atoms with Crippen molar-refractivity contribution in [2.75, 3.05) is 19.5 Å². The molecule has 0 bridgehead atoms. The highest BCUT2D eigenvalue weighted by atomic mass is 35.5.